The number of rotatable bonds is 8. The second-order valence-electron chi connectivity index (χ2n) is 9.68. The number of aromatic nitrogens is 1. The number of pyridine rings is 1. The second kappa shape index (κ2) is 12.6. The van der Waals surface area contributed by atoms with Crippen LogP contribution in [-0.2, 0) is 26.0 Å². The molecule has 1 aliphatic carbocycles. The van der Waals surface area contributed by atoms with Crippen molar-refractivity contribution in [2.45, 2.75) is 56.7 Å². The first-order valence-electron chi connectivity index (χ1n) is 12.3. The molecule has 1 fully saturated rings. The number of carboxylic acid groups (broad SMARTS) is 1. The Kier molecular flexibility index (Phi) is 9.74. The summed E-state index contributed by atoms with van der Waals surface area (Å²) in [6.45, 7) is 2.28. The van der Waals surface area contributed by atoms with Crippen LogP contribution in [0.3, 0.4) is 0 Å². The molecule has 1 heterocycles. The summed E-state index contributed by atoms with van der Waals surface area (Å²) >= 11 is 0. The number of hydrogen-bond acceptors (Lipinski definition) is 7. The zero-order chi connectivity index (χ0) is 29.6. The highest BCUT2D eigenvalue weighted by Gasteiger charge is 2.40. The summed E-state index contributed by atoms with van der Waals surface area (Å²) in [7, 11) is -3.60. The average Bonchev–Trinajstić information content (AvgIpc) is 3.34. The van der Waals surface area contributed by atoms with Gasteiger partial charge >= 0.3 is 12.1 Å². The fourth-order valence-electron chi connectivity index (χ4n) is 4.78. The average molecular weight is 583 g/mol. The summed E-state index contributed by atoms with van der Waals surface area (Å²) in [6, 6.07) is 16.3. The molecule has 0 saturated heterocycles. The number of hydroxylamine groups is 1. The number of amides is 1. The van der Waals surface area contributed by atoms with Crippen LogP contribution in [0.5, 0.6) is 5.75 Å². The molecule has 0 spiro atoms. The van der Waals surface area contributed by atoms with Crippen molar-refractivity contribution >= 4 is 32.6 Å². The van der Waals surface area contributed by atoms with Gasteiger partial charge in [0.1, 0.15) is 12.4 Å². The van der Waals surface area contributed by atoms with E-state index in [1.54, 1.807) is 29.7 Å². The lowest BCUT2D eigenvalue weighted by atomic mass is 9.84. The third-order valence-electron chi connectivity index (χ3n) is 6.57. The quantitative estimate of drug-likeness (QED) is 0.249. The molecule has 0 radical (unpaired) electrons. The van der Waals surface area contributed by atoms with Crippen LogP contribution < -0.4 is 10.2 Å². The number of sulfone groups is 1. The summed E-state index contributed by atoms with van der Waals surface area (Å²) < 4.78 is 63.9. The predicted molar refractivity (Wildman–Crippen MR) is 138 cm³/mol. The van der Waals surface area contributed by atoms with Gasteiger partial charge in [0.25, 0.3) is 0 Å². The Balaban J connectivity index is 0.000000559. The van der Waals surface area contributed by atoms with Crippen LogP contribution in [0, 0.1) is 12.3 Å². The maximum absolute atomic E-state index is 13.1. The molecule has 40 heavy (non-hydrogen) atoms. The van der Waals surface area contributed by atoms with E-state index in [0.717, 1.165) is 35.0 Å². The van der Waals surface area contributed by atoms with Gasteiger partial charge in [-0.2, -0.15) is 13.2 Å². The number of aryl methyl sites for hydroxylation is 1. The number of benzene rings is 2. The standard InChI is InChI=1S/C25H28N2O5S.C2HF3O2/c1-18-14-19(22-6-2-3-7-23(22)26-18)16-32-20-8-10-21(11-9-20)33(30,31)17-25(12-4-5-13-25)15-24(28)27-29;3-2(4,5)1(6)7/h2-3,6-11,14,29H,4-5,12-13,15-17H2,1H3,(H,27,28);(H,6,7). The maximum Gasteiger partial charge on any atom is 0.490 e. The highest BCUT2D eigenvalue weighted by atomic mass is 32.2. The van der Waals surface area contributed by atoms with Crippen molar-refractivity contribution < 1.29 is 46.2 Å². The van der Waals surface area contributed by atoms with Gasteiger partial charge in [0.2, 0.25) is 5.91 Å². The predicted octanol–water partition coefficient (Wildman–Crippen LogP) is 4.99. The van der Waals surface area contributed by atoms with Crippen LogP contribution in [0.4, 0.5) is 13.2 Å². The largest absolute Gasteiger partial charge is 0.490 e. The Morgan fingerprint density at radius 2 is 1.68 bits per heavy atom. The van der Waals surface area contributed by atoms with Crippen molar-refractivity contribution in [1.29, 1.82) is 0 Å². The molecule has 1 aliphatic rings. The minimum atomic E-state index is -5.08. The van der Waals surface area contributed by atoms with Crippen molar-refractivity contribution in [1.82, 2.24) is 10.5 Å². The normalized spacial score (nSPS) is 14.7. The number of ether oxygens (including phenoxy) is 1. The summed E-state index contributed by atoms with van der Waals surface area (Å²) in [4.78, 5) is 25.4. The number of halogens is 3. The molecular formula is C27H29F3N2O7S. The van der Waals surface area contributed by atoms with E-state index in [-0.39, 0.29) is 17.1 Å². The van der Waals surface area contributed by atoms with Gasteiger partial charge in [-0.05, 0) is 61.6 Å². The van der Waals surface area contributed by atoms with E-state index in [1.165, 1.54) is 0 Å². The first-order chi connectivity index (χ1) is 18.7. The summed E-state index contributed by atoms with van der Waals surface area (Å²) in [5, 5.41) is 17.0. The third kappa shape index (κ3) is 8.15. The number of nitrogens with zero attached hydrogens (tertiary/aromatic N) is 1. The molecule has 3 aromatic rings. The number of carbonyl (C=O) groups is 2. The van der Waals surface area contributed by atoms with Gasteiger partial charge in [0.15, 0.2) is 9.84 Å². The Bertz CT molecular complexity index is 1450. The number of nitrogens with one attached hydrogen (secondary N) is 1. The fourth-order valence-corrected chi connectivity index (χ4v) is 6.70. The van der Waals surface area contributed by atoms with Gasteiger partial charge in [-0.1, -0.05) is 31.0 Å². The van der Waals surface area contributed by atoms with Crippen molar-refractivity contribution in [3.8, 4) is 5.75 Å². The lowest BCUT2D eigenvalue weighted by Crippen LogP contribution is -2.34. The first-order valence-corrected chi connectivity index (χ1v) is 13.9. The monoisotopic (exact) mass is 582 g/mol. The van der Waals surface area contributed by atoms with Gasteiger partial charge in [0.05, 0.1) is 16.2 Å². The SMILES string of the molecule is Cc1cc(COc2ccc(S(=O)(=O)CC3(CC(=O)NO)CCCC3)cc2)c2ccccc2n1.O=C(O)C(F)(F)F. The molecule has 9 nitrogen and oxygen atoms in total. The van der Waals surface area contributed by atoms with Gasteiger partial charge in [-0.25, -0.2) is 18.7 Å². The molecule has 1 aromatic heterocycles. The Morgan fingerprint density at radius 1 is 1.07 bits per heavy atom. The van der Waals surface area contributed by atoms with E-state index in [4.69, 9.17) is 19.8 Å². The van der Waals surface area contributed by atoms with Crippen LogP contribution >= 0.6 is 0 Å². The van der Waals surface area contributed by atoms with Crippen molar-refractivity contribution in [2.75, 3.05) is 5.75 Å². The zero-order valence-corrected chi connectivity index (χ0v) is 22.4. The molecule has 0 aliphatic heterocycles. The zero-order valence-electron chi connectivity index (χ0n) is 21.6. The van der Waals surface area contributed by atoms with E-state index < -0.39 is 33.3 Å². The Labute approximate surface area is 228 Å². The Hall–Kier alpha value is -3.71. The van der Waals surface area contributed by atoms with Gasteiger partial charge in [-0.15, -0.1) is 0 Å². The molecular weight excluding hydrogens is 553 g/mol. The smallest absolute Gasteiger partial charge is 0.489 e. The van der Waals surface area contributed by atoms with Crippen LogP contribution in [-0.4, -0.2) is 47.5 Å². The number of para-hydroxylation sites is 1. The van der Waals surface area contributed by atoms with Crippen LogP contribution in [0.15, 0.2) is 59.5 Å². The molecule has 0 unspecified atom stereocenters. The number of alkyl halides is 3. The van der Waals surface area contributed by atoms with E-state index in [1.807, 2.05) is 37.3 Å². The van der Waals surface area contributed by atoms with E-state index in [2.05, 4.69) is 4.98 Å². The molecule has 2 aromatic carbocycles. The van der Waals surface area contributed by atoms with Crippen molar-refractivity contribution in [3.05, 3.63) is 65.9 Å². The molecule has 3 N–H and O–H groups in total. The number of hydrogen-bond donors (Lipinski definition) is 3. The van der Waals surface area contributed by atoms with Crippen LogP contribution in [0.1, 0.15) is 43.4 Å². The van der Waals surface area contributed by atoms with E-state index >= 15 is 0 Å². The van der Waals surface area contributed by atoms with Crippen LogP contribution in [0.2, 0.25) is 0 Å². The van der Waals surface area contributed by atoms with Gasteiger partial charge in [-0.3, -0.25) is 15.0 Å². The third-order valence-corrected chi connectivity index (χ3v) is 8.55. The number of carbonyl (C=O) groups excluding carboxylic acids is 1. The molecule has 13 heteroatoms. The van der Waals surface area contributed by atoms with E-state index in [0.29, 0.717) is 25.2 Å². The minimum absolute atomic E-state index is 0.00320. The molecule has 1 amide bonds. The van der Waals surface area contributed by atoms with E-state index in [9.17, 15) is 26.4 Å². The topological polar surface area (TPSA) is 143 Å². The minimum Gasteiger partial charge on any atom is -0.489 e. The first kappa shape index (κ1) is 30.8. The number of carboxylic acids is 1. The van der Waals surface area contributed by atoms with Crippen molar-refractivity contribution in [2.24, 2.45) is 5.41 Å². The molecule has 1 saturated carbocycles. The van der Waals surface area contributed by atoms with Crippen LogP contribution in [0.25, 0.3) is 10.9 Å². The van der Waals surface area contributed by atoms with Crippen molar-refractivity contribution in [3.63, 3.8) is 0 Å². The fraction of sp³-hybridized carbons (Fsp3) is 0.370. The molecule has 0 bridgehead atoms. The van der Waals surface area contributed by atoms with Gasteiger partial charge < -0.3 is 9.84 Å². The molecule has 216 valence electrons. The Morgan fingerprint density at radius 3 is 2.25 bits per heavy atom. The summed E-state index contributed by atoms with van der Waals surface area (Å²) in [5.41, 5.74) is 3.83. The summed E-state index contributed by atoms with van der Waals surface area (Å²) in [6.07, 6.45) is -2.02. The maximum atomic E-state index is 13.1. The molecule has 0 atom stereocenters. The number of aliphatic carboxylic acids is 1. The highest BCUT2D eigenvalue weighted by molar-refractivity contribution is 7.91. The summed E-state index contributed by atoms with van der Waals surface area (Å²) in [5.74, 6) is -2.85. The highest BCUT2D eigenvalue weighted by Crippen LogP contribution is 2.43. The molecule has 4 rings (SSSR count). The second-order valence-corrected chi connectivity index (χ2v) is 11.7. The van der Waals surface area contributed by atoms with Gasteiger partial charge in [0, 0.05) is 23.1 Å². The number of fused-ring (bicyclic) bond motifs is 1. The lowest BCUT2D eigenvalue weighted by Gasteiger charge is -2.27. The lowest BCUT2D eigenvalue weighted by molar-refractivity contribution is -0.192.